The summed E-state index contributed by atoms with van der Waals surface area (Å²) in [5.74, 6) is -0.637. The molecule has 0 heterocycles. The van der Waals surface area contributed by atoms with Crippen molar-refractivity contribution in [3.63, 3.8) is 0 Å². The molecule has 2 unspecified atom stereocenters. The third kappa shape index (κ3) is 10.5. The number of nitrogens with zero attached hydrogens (tertiary/aromatic N) is 1. The number of nitrogens with one attached hydrogen (secondary N) is 2. The largest absolute Gasteiger partial charge is 0.466 e. The van der Waals surface area contributed by atoms with E-state index in [0.717, 1.165) is 11.1 Å². The normalized spacial score (nSPS) is 12.8. The van der Waals surface area contributed by atoms with E-state index >= 15 is 0 Å². The second-order valence-corrected chi connectivity index (χ2v) is 10.5. The first-order valence-corrected chi connectivity index (χ1v) is 13.5. The van der Waals surface area contributed by atoms with Crippen molar-refractivity contribution in [2.24, 2.45) is 0 Å². The molecule has 3 amide bonds. The molecule has 0 spiro atoms. The summed E-state index contributed by atoms with van der Waals surface area (Å²) in [7, 11) is 1.54. The fourth-order valence-corrected chi connectivity index (χ4v) is 3.89. The lowest BCUT2D eigenvalue weighted by atomic mass is 9.98. The predicted octanol–water partition coefficient (Wildman–Crippen LogP) is 3.52. The van der Waals surface area contributed by atoms with Crippen LogP contribution in [0.4, 0.5) is 4.79 Å². The lowest BCUT2D eigenvalue weighted by Crippen LogP contribution is -2.52. The van der Waals surface area contributed by atoms with Crippen LogP contribution in [0.25, 0.3) is 0 Å². The highest BCUT2D eigenvalue weighted by Gasteiger charge is 2.34. The number of rotatable bonds is 12. The summed E-state index contributed by atoms with van der Waals surface area (Å²) in [6, 6.07) is 3.73. The highest BCUT2D eigenvalue weighted by atomic mass is 32.2. The Balaban J connectivity index is 3.20. The van der Waals surface area contributed by atoms with E-state index in [1.165, 1.54) is 11.9 Å². The van der Waals surface area contributed by atoms with Crippen molar-refractivity contribution in [1.82, 2.24) is 15.5 Å². The fraction of sp³-hybridized carbons (Fsp3) is 0.615. The molecule has 0 bridgehead atoms. The van der Waals surface area contributed by atoms with Crippen LogP contribution < -0.4 is 10.6 Å². The summed E-state index contributed by atoms with van der Waals surface area (Å²) in [6.07, 6.45) is 1.60. The molecule has 0 aliphatic rings. The first kappa shape index (κ1) is 31.3. The highest BCUT2D eigenvalue weighted by molar-refractivity contribution is 7.98. The standard InChI is InChI=1S/C26H41N3O6S/c1-9-34-21(30)12-14-27-23(31)22(19-11-10-17(2)18(3)16-19)29(7)24(32)20(13-15-36-8)28-25(33)35-26(4,5)6/h10-11,16,20,22H,9,12-15H2,1-8H3,(H,27,31)(H,28,33). The molecular weight excluding hydrogens is 482 g/mol. The number of likely N-dealkylation sites (N-methyl/N-ethyl adjacent to an activating group) is 1. The van der Waals surface area contributed by atoms with Crippen molar-refractivity contribution in [3.8, 4) is 0 Å². The minimum atomic E-state index is -0.962. The Morgan fingerprint density at radius 3 is 2.33 bits per heavy atom. The van der Waals surface area contributed by atoms with Crippen molar-refractivity contribution in [2.45, 2.75) is 72.1 Å². The molecule has 0 aliphatic heterocycles. The second kappa shape index (κ2) is 14.7. The summed E-state index contributed by atoms with van der Waals surface area (Å²) in [4.78, 5) is 52.3. The summed E-state index contributed by atoms with van der Waals surface area (Å²) in [5, 5.41) is 5.41. The number of carbonyl (C=O) groups excluding carboxylic acids is 4. The zero-order chi connectivity index (χ0) is 27.5. The summed E-state index contributed by atoms with van der Waals surface area (Å²) >= 11 is 1.55. The van der Waals surface area contributed by atoms with Gasteiger partial charge in [0.2, 0.25) is 11.8 Å². The zero-order valence-corrected chi connectivity index (χ0v) is 23.5. The molecule has 1 aromatic rings. The van der Waals surface area contributed by atoms with Gasteiger partial charge in [-0.15, -0.1) is 0 Å². The second-order valence-electron chi connectivity index (χ2n) is 9.52. The lowest BCUT2D eigenvalue weighted by Gasteiger charge is -2.32. The molecule has 2 N–H and O–H groups in total. The summed E-state index contributed by atoms with van der Waals surface area (Å²) in [5.41, 5.74) is 1.94. The molecule has 36 heavy (non-hydrogen) atoms. The quantitative estimate of drug-likeness (QED) is 0.403. The molecule has 0 saturated carbocycles. The molecule has 0 radical (unpaired) electrons. The van der Waals surface area contributed by atoms with Gasteiger partial charge in [-0.3, -0.25) is 14.4 Å². The molecule has 2 atom stereocenters. The maximum Gasteiger partial charge on any atom is 0.408 e. The van der Waals surface area contributed by atoms with Crippen molar-refractivity contribution in [3.05, 3.63) is 34.9 Å². The van der Waals surface area contributed by atoms with Crippen molar-refractivity contribution in [2.75, 3.05) is 32.2 Å². The van der Waals surface area contributed by atoms with Gasteiger partial charge in [0.15, 0.2) is 0 Å². The van der Waals surface area contributed by atoms with Crippen LogP contribution in [-0.2, 0) is 23.9 Å². The van der Waals surface area contributed by atoms with Crippen LogP contribution in [0.15, 0.2) is 18.2 Å². The van der Waals surface area contributed by atoms with Gasteiger partial charge < -0.3 is 25.0 Å². The predicted molar refractivity (Wildman–Crippen MR) is 142 cm³/mol. The van der Waals surface area contributed by atoms with E-state index in [1.54, 1.807) is 45.5 Å². The van der Waals surface area contributed by atoms with Gasteiger partial charge in [0.05, 0.1) is 13.0 Å². The van der Waals surface area contributed by atoms with Gasteiger partial charge in [-0.1, -0.05) is 18.2 Å². The molecular formula is C26H41N3O6S. The fourth-order valence-electron chi connectivity index (χ4n) is 3.42. The van der Waals surface area contributed by atoms with Gasteiger partial charge in [0.25, 0.3) is 0 Å². The van der Waals surface area contributed by atoms with E-state index in [1.807, 2.05) is 32.2 Å². The maximum atomic E-state index is 13.6. The molecule has 1 aromatic carbocycles. The molecule has 202 valence electrons. The Morgan fingerprint density at radius 1 is 1.11 bits per heavy atom. The van der Waals surface area contributed by atoms with Gasteiger partial charge in [0, 0.05) is 13.6 Å². The third-order valence-electron chi connectivity index (χ3n) is 5.36. The number of aryl methyl sites for hydroxylation is 2. The van der Waals surface area contributed by atoms with Crippen LogP contribution in [0, 0.1) is 13.8 Å². The number of alkyl carbamates (subject to hydrolysis) is 1. The Labute approximate surface area is 219 Å². The van der Waals surface area contributed by atoms with Gasteiger partial charge in [-0.2, -0.15) is 11.8 Å². The Morgan fingerprint density at radius 2 is 1.78 bits per heavy atom. The first-order chi connectivity index (χ1) is 16.8. The average molecular weight is 524 g/mol. The third-order valence-corrected chi connectivity index (χ3v) is 6.01. The molecule has 1 rings (SSSR count). The Bertz CT molecular complexity index is 915. The van der Waals surface area contributed by atoms with Crippen LogP contribution in [0.3, 0.4) is 0 Å². The molecule has 0 aliphatic carbocycles. The van der Waals surface area contributed by atoms with E-state index in [4.69, 9.17) is 9.47 Å². The van der Waals surface area contributed by atoms with Gasteiger partial charge in [0.1, 0.15) is 17.7 Å². The van der Waals surface area contributed by atoms with Crippen molar-refractivity contribution in [1.29, 1.82) is 0 Å². The van der Waals surface area contributed by atoms with E-state index in [2.05, 4.69) is 10.6 Å². The number of carbonyl (C=O) groups is 4. The SMILES string of the molecule is CCOC(=O)CCNC(=O)C(c1ccc(C)c(C)c1)N(C)C(=O)C(CCSC)NC(=O)OC(C)(C)C. The molecule has 0 aromatic heterocycles. The van der Waals surface area contributed by atoms with Crippen LogP contribution in [0.1, 0.15) is 63.3 Å². The highest BCUT2D eigenvalue weighted by Crippen LogP contribution is 2.24. The summed E-state index contributed by atoms with van der Waals surface area (Å²) in [6.45, 7) is 11.2. The van der Waals surface area contributed by atoms with Gasteiger partial charge in [-0.25, -0.2) is 4.79 Å². The molecule has 0 saturated heterocycles. The van der Waals surface area contributed by atoms with Crippen LogP contribution in [-0.4, -0.2) is 72.6 Å². The average Bonchev–Trinajstić information content (AvgIpc) is 2.77. The zero-order valence-electron chi connectivity index (χ0n) is 22.7. The Kier molecular flexibility index (Phi) is 12.8. The van der Waals surface area contributed by atoms with Crippen LogP contribution >= 0.6 is 11.8 Å². The maximum absolute atomic E-state index is 13.6. The van der Waals surface area contributed by atoms with Crippen molar-refractivity contribution < 1.29 is 28.7 Å². The smallest absolute Gasteiger partial charge is 0.408 e. The monoisotopic (exact) mass is 523 g/mol. The van der Waals surface area contributed by atoms with Gasteiger partial charge >= 0.3 is 12.1 Å². The number of hydrogen-bond donors (Lipinski definition) is 2. The number of esters is 1. The van der Waals surface area contributed by atoms with E-state index in [-0.39, 0.29) is 19.6 Å². The van der Waals surface area contributed by atoms with E-state index in [0.29, 0.717) is 17.7 Å². The molecule has 0 fully saturated rings. The van der Waals surface area contributed by atoms with Crippen LogP contribution in [0.5, 0.6) is 0 Å². The first-order valence-electron chi connectivity index (χ1n) is 12.1. The molecule has 10 heteroatoms. The van der Waals surface area contributed by atoms with Gasteiger partial charge in [-0.05, 0) is 76.7 Å². The number of ether oxygens (including phenoxy) is 2. The number of thioether (sulfide) groups is 1. The topological polar surface area (TPSA) is 114 Å². The lowest BCUT2D eigenvalue weighted by molar-refractivity contribution is -0.143. The number of hydrogen-bond acceptors (Lipinski definition) is 7. The Hall–Kier alpha value is -2.75. The number of benzene rings is 1. The van der Waals surface area contributed by atoms with Crippen LogP contribution in [0.2, 0.25) is 0 Å². The van der Waals surface area contributed by atoms with Crippen molar-refractivity contribution >= 4 is 35.6 Å². The molecule has 9 nitrogen and oxygen atoms in total. The van der Waals surface area contributed by atoms with E-state index < -0.39 is 41.6 Å². The summed E-state index contributed by atoms with van der Waals surface area (Å²) < 4.78 is 10.3. The van der Waals surface area contributed by atoms with E-state index in [9.17, 15) is 19.2 Å². The minimum absolute atomic E-state index is 0.0213. The minimum Gasteiger partial charge on any atom is -0.466 e. The number of amides is 3.